The van der Waals surface area contributed by atoms with Crippen LogP contribution in [-0.4, -0.2) is 29.5 Å². The van der Waals surface area contributed by atoms with Crippen molar-refractivity contribution in [1.82, 2.24) is 5.32 Å². The lowest BCUT2D eigenvalue weighted by Gasteiger charge is -2.29. The molecule has 2 aromatic rings. The third kappa shape index (κ3) is 3.29. The number of benzene rings is 2. The van der Waals surface area contributed by atoms with Gasteiger partial charge in [-0.25, -0.2) is 8.78 Å². The largest absolute Gasteiger partial charge is 0.355 e. The molecule has 0 aliphatic carbocycles. The van der Waals surface area contributed by atoms with E-state index in [0.29, 0.717) is 11.4 Å². The number of rotatable bonds is 4. The third-order valence-electron chi connectivity index (χ3n) is 4.96. The molecule has 3 rings (SSSR count). The lowest BCUT2D eigenvalue weighted by molar-refractivity contribution is -0.120. The fraction of sp³-hybridized carbons (Fsp3) is 0.238. The van der Waals surface area contributed by atoms with E-state index in [1.54, 1.807) is 13.8 Å². The zero-order chi connectivity index (χ0) is 22.2. The number of nitrogens with zero attached hydrogens (tertiary/aromatic N) is 3. The molecule has 0 spiro atoms. The Kier molecular flexibility index (Phi) is 5.55. The number of anilines is 2. The molecule has 1 saturated heterocycles. The van der Waals surface area contributed by atoms with Gasteiger partial charge in [0.05, 0.1) is 22.9 Å². The molecule has 6 nitrogen and oxygen atoms in total. The van der Waals surface area contributed by atoms with Gasteiger partial charge < -0.3 is 10.2 Å². The highest BCUT2D eigenvalue weighted by Crippen LogP contribution is 2.37. The lowest BCUT2D eigenvalue weighted by atomic mass is 10.0. The standard InChI is InChI=1S/C21H18F2N4O2S/c1-21(2)19(29)26(14-5-4-12(11-24)13(8-14)10-22)20(30)27(21)15-6-7-16(17(23)9-15)18(28)25-3/h4-9H,10H2,1-3H3,(H,25,28). The summed E-state index contributed by atoms with van der Waals surface area (Å²) in [7, 11) is 1.40. The van der Waals surface area contributed by atoms with E-state index >= 15 is 0 Å². The molecule has 0 saturated carbocycles. The lowest BCUT2D eigenvalue weighted by Crippen LogP contribution is -2.44. The smallest absolute Gasteiger partial charge is 0.259 e. The van der Waals surface area contributed by atoms with E-state index in [2.05, 4.69) is 5.32 Å². The van der Waals surface area contributed by atoms with Crippen molar-refractivity contribution in [3.8, 4) is 6.07 Å². The molecule has 1 aliphatic heterocycles. The number of hydrogen-bond acceptors (Lipinski definition) is 4. The second-order valence-electron chi connectivity index (χ2n) is 7.15. The minimum absolute atomic E-state index is 0.0756. The van der Waals surface area contributed by atoms with Crippen molar-refractivity contribution in [2.24, 2.45) is 0 Å². The number of carbonyl (C=O) groups excluding carboxylic acids is 2. The molecule has 0 unspecified atom stereocenters. The molecule has 2 aromatic carbocycles. The molecule has 0 bridgehead atoms. The number of nitriles is 1. The first-order valence-corrected chi connectivity index (χ1v) is 9.37. The summed E-state index contributed by atoms with van der Waals surface area (Å²) in [6.45, 7) is 2.39. The predicted octanol–water partition coefficient (Wildman–Crippen LogP) is 3.44. The van der Waals surface area contributed by atoms with Crippen molar-refractivity contribution in [2.75, 3.05) is 16.8 Å². The average molecular weight is 428 g/mol. The van der Waals surface area contributed by atoms with Gasteiger partial charge in [0, 0.05) is 18.3 Å². The van der Waals surface area contributed by atoms with Gasteiger partial charge in [0.25, 0.3) is 11.8 Å². The van der Waals surface area contributed by atoms with Gasteiger partial charge in [-0.15, -0.1) is 0 Å². The third-order valence-corrected chi connectivity index (χ3v) is 5.33. The Labute approximate surface area is 177 Å². The zero-order valence-corrected chi connectivity index (χ0v) is 17.3. The maximum atomic E-state index is 14.5. The monoisotopic (exact) mass is 428 g/mol. The maximum absolute atomic E-state index is 14.5. The van der Waals surface area contributed by atoms with Crippen LogP contribution in [-0.2, 0) is 11.5 Å². The quantitative estimate of drug-likeness (QED) is 0.755. The van der Waals surface area contributed by atoms with E-state index in [4.69, 9.17) is 17.5 Å². The van der Waals surface area contributed by atoms with E-state index in [9.17, 15) is 18.4 Å². The van der Waals surface area contributed by atoms with Crippen molar-refractivity contribution in [1.29, 1.82) is 5.26 Å². The molecule has 0 aromatic heterocycles. The Morgan fingerprint density at radius 2 is 1.90 bits per heavy atom. The van der Waals surface area contributed by atoms with Crippen LogP contribution >= 0.6 is 12.2 Å². The number of hydrogen-bond donors (Lipinski definition) is 1. The van der Waals surface area contributed by atoms with Crippen molar-refractivity contribution < 1.29 is 18.4 Å². The molecular formula is C21H18F2N4O2S. The number of amides is 2. The molecule has 1 N–H and O–H groups in total. The van der Waals surface area contributed by atoms with Crippen molar-refractivity contribution in [3.05, 3.63) is 58.9 Å². The zero-order valence-electron chi connectivity index (χ0n) is 16.5. The summed E-state index contributed by atoms with van der Waals surface area (Å²) in [5.74, 6) is -1.72. The van der Waals surface area contributed by atoms with Crippen molar-refractivity contribution >= 4 is 40.5 Å². The topological polar surface area (TPSA) is 76.4 Å². The molecular weight excluding hydrogens is 410 g/mol. The molecule has 1 fully saturated rings. The summed E-state index contributed by atoms with van der Waals surface area (Å²) in [4.78, 5) is 27.6. The van der Waals surface area contributed by atoms with Crippen molar-refractivity contribution in [3.63, 3.8) is 0 Å². The fourth-order valence-corrected chi connectivity index (χ4v) is 3.88. The molecule has 30 heavy (non-hydrogen) atoms. The van der Waals surface area contributed by atoms with Crippen molar-refractivity contribution in [2.45, 2.75) is 26.1 Å². The molecule has 0 radical (unpaired) electrons. The van der Waals surface area contributed by atoms with Gasteiger partial charge >= 0.3 is 0 Å². The van der Waals surface area contributed by atoms with Gasteiger partial charge in [-0.2, -0.15) is 5.26 Å². The Balaban J connectivity index is 2.06. The summed E-state index contributed by atoms with van der Waals surface area (Å²) < 4.78 is 27.9. The highest BCUT2D eigenvalue weighted by Gasteiger charge is 2.50. The molecule has 1 aliphatic rings. The van der Waals surface area contributed by atoms with Crippen LogP contribution in [0.3, 0.4) is 0 Å². The normalized spacial score (nSPS) is 15.3. The van der Waals surface area contributed by atoms with Crippen LogP contribution in [0.1, 0.15) is 35.3 Å². The average Bonchev–Trinajstić information content (AvgIpc) is 2.90. The number of thiocarbonyl (C=S) groups is 1. The summed E-state index contributed by atoms with van der Waals surface area (Å²) in [5.41, 5.74) is -0.376. The van der Waals surface area contributed by atoms with Gasteiger partial charge in [0.1, 0.15) is 18.0 Å². The molecule has 0 atom stereocenters. The Bertz CT molecular complexity index is 1110. The summed E-state index contributed by atoms with van der Waals surface area (Å²) >= 11 is 5.51. The van der Waals surface area contributed by atoms with Gasteiger partial charge in [-0.05, 0) is 62.5 Å². The first kappa shape index (κ1) is 21.3. The van der Waals surface area contributed by atoms with E-state index < -0.39 is 29.8 Å². The molecule has 1 heterocycles. The minimum atomic E-state index is -1.16. The molecule has 9 heteroatoms. The van der Waals surface area contributed by atoms with E-state index in [1.807, 2.05) is 6.07 Å². The van der Waals surface area contributed by atoms with Gasteiger partial charge in [-0.1, -0.05) is 0 Å². The van der Waals surface area contributed by atoms with Crippen LogP contribution in [0.25, 0.3) is 0 Å². The van der Waals surface area contributed by atoms with E-state index in [-0.39, 0.29) is 21.8 Å². The predicted molar refractivity (Wildman–Crippen MR) is 112 cm³/mol. The highest BCUT2D eigenvalue weighted by atomic mass is 32.1. The van der Waals surface area contributed by atoms with E-state index in [0.717, 1.165) is 6.07 Å². The molecule has 154 valence electrons. The van der Waals surface area contributed by atoms with Gasteiger partial charge in [0.2, 0.25) is 0 Å². The Morgan fingerprint density at radius 3 is 2.47 bits per heavy atom. The number of halogens is 2. The van der Waals surface area contributed by atoms with Crippen LogP contribution in [0.2, 0.25) is 0 Å². The Morgan fingerprint density at radius 1 is 1.23 bits per heavy atom. The van der Waals surface area contributed by atoms with E-state index in [1.165, 1.54) is 47.2 Å². The maximum Gasteiger partial charge on any atom is 0.259 e. The van der Waals surface area contributed by atoms with Gasteiger partial charge in [-0.3, -0.25) is 14.5 Å². The first-order valence-electron chi connectivity index (χ1n) is 8.96. The van der Waals surface area contributed by atoms with Crippen LogP contribution in [0.4, 0.5) is 20.2 Å². The number of nitrogens with one attached hydrogen (secondary N) is 1. The fourth-order valence-electron chi connectivity index (χ4n) is 3.36. The first-order chi connectivity index (χ1) is 14.2. The van der Waals surface area contributed by atoms with Crippen LogP contribution in [0.15, 0.2) is 36.4 Å². The summed E-state index contributed by atoms with van der Waals surface area (Å²) in [5, 5.41) is 11.5. The van der Waals surface area contributed by atoms with Crippen LogP contribution in [0, 0.1) is 17.1 Å². The summed E-state index contributed by atoms with van der Waals surface area (Å²) in [6.07, 6.45) is 0. The minimum Gasteiger partial charge on any atom is -0.355 e. The van der Waals surface area contributed by atoms with Crippen LogP contribution < -0.4 is 15.1 Å². The second kappa shape index (κ2) is 7.80. The van der Waals surface area contributed by atoms with Crippen LogP contribution in [0.5, 0.6) is 0 Å². The highest BCUT2D eigenvalue weighted by molar-refractivity contribution is 7.81. The van der Waals surface area contributed by atoms with Gasteiger partial charge in [0.15, 0.2) is 5.11 Å². The summed E-state index contributed by atoms with van der Waals surface area (Å²) in [6, 6.07) is 10.2. The second-order valence-corrected chi connectivity index (χ2v) is 7.51. The number of carbonyl (C=O) groups is 2. The number of alkyl halides is 1. The SMILES string of the molecule is CNC(=O)c1ccc(N2C(=S)N(c3ccc(C#N)c(CF)c3)C(=O)C2(C)C)cc1F. The Hall–Kier alpha value is -3.38. The molecule has 2 amide bonds.